The molecule has 2 aromatic heterocycles. The Hall–Kier alpha value is -2.15. The predicted molar refractivity (Wildman–Crippen MR) is 87.1 cm³/mol. The predicted octanol–water partition coefficient (Wildman–Crippen LogP) is 2.06. The Bertz CT molecular complexity index is 707. The summed E-state index contributed by atoms with van der Waals surface area (Å²) in [6, 6.07) is 0. The second-order valence-corrected chi connectivity index (χ2v) is 6.12. The Kier molecular flexibility index (Phi) is 4.99. The Morgan fingerprint density at radius 3 is 3.00 bits per heavy atom. The van der Waals surface area contributed by atoms with E-state index in [1.807, 2.05) is 31.7 Å². The van der Waals surface area contributed by atoms with E-state index in [0.717, 1.165) is 30.8 Å². The van der Waals surface area contributed by atoms with Crippen LogP contribution in [-0.4, -0.2) is 27.0 Å². The molecule has 1 N–H and O–H groups in total. The van der Waals surface area contributed by atoms with Gasteiger partial charge in [-0.1, -0.05) is 6.92 Å². The molecule has 0 unspecified atom stereocenters. The van der Waals surface area contributed by atoms with Gasteiger partial charge < -0.3 is 19.0 Å². The lowest BCUT2D eigenvalue weighted by atomic mass is 9.92. The van der Waals surface area contributed by atoms with Gasteiger partial charge in [-0.2, -0.15) is 0 Å². The fourth-order valence-corrected chi connectivity index (χ4v) is 3.06. The largest absolute Gasteiger partial charge is 0.444 e. The van der Waals surface area contributed by atoms with Gasteiger partial charge >= 0.3 is 0 Å². The van der Waals surface area contributed by atoms with E-state index in [1.54, 1.807) is 6.20 Å². The number of nitrogens with one attached hydrogen (secondary N) is 1. The molecule has 130 valence electrons. The highest BCUT2D eigenvalue weighted by molar-refractivity contribution is 5.79. The molecule has 7 nitrogen and oxygen atoms in total. The zero-order valence-electron chi connectivity index (χ0n) is 14.4. The summed E-state index contributed by atoms with van der Waals surface area (Å²) in [7, 11) is 1.92. The minimum Gasteiger partial charge on any atom is -0.444 e. The first-order valence-corrected chi connectivity index (χ1v) is 8.41. The number of aryl methyl sites for hydroxylation is 3. The topological polar surface area (TPSA) is 82.2 Å². The minimum atomic E-state index is -0.305. The van der Waals surface area contributed by atoms with Crippen LogP contribution in [0, 0.1) is 12.8 Å². The second kappa shape index (κ2) is 7.17. The molecule has 24 heavy (non-hydrogen) atoms. The lowest BCUT2D eigenvalue weighted by Gasteiger charge is -2.30. The van der Waals surface area contributed by atoms with Gasteiger partial charge in [-0.3, -0.25) is 4.79 Å². The lowest BCUT2D eigenvalue weighted by molar-refractivity contribution is -0.135. The maximum atomic E-state index is 12.7. The fraction of sp³-hybridized carbons (Fsp3) is 0.588. The van der Waals surface area contributed by atoms with Crippen LogP contribution in [0.5, 0.6) is 0 Å². The first-order chi connectivity index (χ1) is 11.6. The number of hydrogen-bond acceptors (Lipinski definition) is 5. The molecule has 1 aliphatic rings. The minimum absolute atomic E-state index is 0.0310. The molecule has 3 rings (SSSR count). The Morgan fingerprint density at radius 2 is 2.33 bits per heavy atom. The summed E-state index contributed by atoms with van der Waals surface area (Å²) in [5.74, 6) is 1.93. The average molecular weight is 332 g/mol. The van der Waals surface area contributed by atoms with Gasteiger partial charge in [-0.25, -0.2) is 9.97 Å². The number of aromatic nitrogens is 3. The summed E-state index contributed by atoms with van der Waals surface area (Å²) < 4.78 is 13.4. The van der Waals surface area contributed by atoms with Gasteiger partial charge in [0, 0.05) is 32.5 Å². The molecular formula is C17H24N4O3. The molecule has 0 saturated carbocycles. The van der Waals surface area contributed by atoms with Crippen molar-refractivity contribution in [1.29, 1.82) is 0 Å². The van der Waals surface area contributed by atoms with Gasteiger partial charge in [0.2, 0.25) is 5.91 Å². The van der Waals surface area contributed by atoms with Crippen molar-refractivity contribution >= 4 is 5.91 Å². The maximum absolute atomic E-state index is 12.7. The van der Waals surface area contributed by atoms with Crippen molar-refractivity contribution in [2.24, 2.45) is 13.0 Å². The highest BCUT2D eigenvalue weighted by Gasteiger charge is 2.35. The van der Waals surface area contributed by atoms with Crippen LogP contribution in [0.2, 0.25) is 0 Å². The van der Waals surface area contributed by atoms with Crippen LogP contribution in [0.1, 0.15) is 49.0 Å². The lowest BCUT2D eigenvalue weighted by Crippen LogP contribution is -2.38. The molecule has 2 aromatic rings. The molecular weight excluding hydrogens is 308 g/mol. The number of nitrogens with zero attached hydrogens (tertiary/aromatic N) is 3. The molecule has 0 radical (unpaired) electrons. The number of rotatable bonds is 5. The van der Waals surface area contributed by atoms with E-state index in [4.69, 9.17) is 9.15 Å². The molecule has 3 heterocycles. The van der Waals surface area contributed by atoms with Crippen LogP contribution >= 0.6 is 0 Å². The molecule has 1 fully saturated rings. The molecule has 1 aliphatic heterocycles. The maximum Gasteiger partial charge on any atom is 0.226 e. The number of carbonyl (C=O) groups excluding carboxylic acids is 1. The van der Waals surface area contributed by atoms with E-state index in [2.05, 4.69) is 15.3 Å². The van der Waals surface area contributed by atoms with Gasteiger partial charge in [0.15, 0.2) is 5.89 Å². The fourth-order valence-electron chi connectivity index (χ4n) is 3.06. The van der Waals surface area contributed by atoms with E-state index in [1.165, 1.54) is 0 Å². The molecule has 0 bridgehead atoms. The molecule has 2 atom stereocenters. The molecule has 0 spiro atoms. The highest BCUT2D eigenvalue weighted by Crippen LogP contribution is 2.32. The van der Waals surface area contributed by atoms with Gasteiger partial charge in [0.25, 0.3) is 0 Å². The van der Waals surface area contributed by atoms with E-state index in [-0.39, 0.29) is 17.9 Å². The first kappa shape index (κ1) is 16.7. The van der Waals surface area contributed by atoms with Crippen molar-refractivity contribution in [3.05, 3.63) is 35.6 Å². The molecule has 1 amide bonds. The normalized spacial score (nSPS) is 21.0. The SMILES string of the molecule is CCc1nc(C)c(CNC(=O)[C@@H]2CCCO[C@H]2c2nccn2C)o1. The molecule has 1 saturated heterocycles. The van der Waals surface area contributed by atoms with Crippen molar-refractivity contribution in [2.75, 3.05) is 6.61 Å². The third-order valence-corrected chi connectivity index (χ3v) is 4.43. The zero-order valence-corrected chi connectivity index (χ0v) is 14.4. The van der Waals surface area contributed by atoms with Crippen LogP contribution in [0.4, 0.5) is 0 Å². The van der Waals surface area contributed by atoms with Crippen molar-refractivity contribution in [2.45, 2.75) is 45.8 Å². The number of imidazole rings is 1. The van der Waals surface area contributed by atoms with Crippen molar-refractivity contribution < 1.29 is 13.9 Å². The monoisotopic (exact) mass is 332 g/mol. The van der Waals surface area contributed by atoms with Crippen LogP contribution in [0.25, 0.3) is 0 Å². The van der Waals surface area contributed by atoms with Crippen LogP contribution < -0.4 is 5.32 Å². The smallest absolute Gasteiger partial charge is 0.226 e. The summed E-state index contributed by atoms with van der Waals surface area (Å²) in [5.41, 5.74) is 0.827. The summed E-state index contributed by atoms with van der Waals surface area (Å²) in [6.45, 7) is 4.89. The quantitative estimate of drug-likeness (QED) is 0.906. The third-order valence-electron chi connectivity index (χ3n) is 4.43. The summed E-state index contributed by atoms with van der Waals surface area (Å²) in [6.07, 6.45) is 5.70. The Balaban J connectivity index is 1.68. The average Bonchev–Trinajstić information content (AvgIpc) is 3.18. The summed E-state index contributed by atoms with van der Waals surface area (Å²) in [4.78, 5) is 21.4. The number of oxazole rings is 1. The van der Waals surface area contributed by atoms with E-state index in [0.29, 0.717) is 24.8 Å². The highest BCUT2D eigenvalue weighted by atomic mass is 16.5. The van der Waals surface area contributed by atoms with Crippen LogP contribution in [0.3, 0.4) is 0 Å². The summed E-state index contributed by atoms with van der Waals surface area (Å²) >= 11 is 0. The number of amides is 1. The van der Waals surface area contributed by atoms with Gasteiger partial charge in [-0.15, -0.1) is 0 Å². The molecule has 7 heteroatoms. The standard InChI is InChI=1S/C17H24N4O3/c1-4-14-20-11(2)13(24-14)10-19-17(22)12-6-5-9-23-15(12)16-18-7-8-21(16)3/h7-8,12,15H,4-6,9-10H2,1-3H3,(H,19,22)/t12-,15-/m1/s1. The summed E-state index contributed by atoms with van der Waals surface area (Å²) in [5, 5.41) is 2.97. The Morgan fingerprint density at radius 1 is 1.50 bits per heavy atom. The van der Waals surface area contributed by atoms with E-state index < -0.39 is 0 Å². The number of carbonyl (C=O) groups is 1. The molecule has 0 aromatic carbocycles. The van der Waals surface area contributed by atoms with Crippen molar-refractivity contribution in [3.8, 4) is 0 Å². The van der Waals surface area contributed by atoms with Gasteiger partial charge in [-0.05, 0) is 19.8 Å². The zero-order chi connectivity index (χ0) is 17.1. The number of hydrogen-bond donors (Lipinski definition) is 1. The first-order valence-electron chi connectivity index (χ1n) is 8.41. The number of ether oxygens (including phenoxy) is 1. The Labute approximate surface area is 141 Å². The van der Waals surface area contributed by atoms with E-state index in [9.17, 15) is 4.79 Å². The van der Waals surface area contributed by atoms with Crippen LogP contribution in [-0.2, 0) is 29.5 Å². The van der Waals surface area contributed by atoms with Crippen molar-refractivity contribution in [3.63, 3.8) is 0 Å². The van der Waals surface area contributed by atoms with Crippen LogP contribution in [0.15, 0.2) is 16.8 Å². The van der Waals surface area contributed by atoms with Gasteiger partial charge in [0.1, 0.15) is 17.7 Å². The van der Waals surface area contributed by atoms with Crippen molar-refractivity contribution in [1.82, 2.24) is 19.9 Å². The van der Waals surface area contributed by atoms with Gasteiger partial charge in [0.05, 0.1) is 18.2 Å². The third kappa shape index (κ3) is 3.36. The van der Waals surface area contributed by atoms with E-state index >= 15 is 0 Å². The second-order valence-electron chi connectivity index (χ2n) is 6.12. The molecule has 0 aliphatic carbocycles.